The summed E-state index contributed by atoms with van der Waals surface area (Å²) in [4.78, 5) is 11.6. The van der Waals surface area contributed by atoms with Crippen molar-refractivity contribution in [2.24, 2.45) is 0 Å². The first-order valence-corrected chi connectivity index (χ1v) is 5.33. The summed E-state index contributed by atoms with van der Waals surface area (Å²) in [7, 11) is 2.98. The number of hydrogen-bond donors (Lipinski definition) is 2. The van der Waals surface area contributed by atoms with E-state index in [0.29, 0.717) is 0 Å². The van der Waals surface area contributed by atoms with Crippen LogP contribution >= 0.6 is 0 Å². The number of rotatable bonds is 4. The molecular formula is C11H11F2N5O. The number of anilines is 3. The highest BCUT2D eigenvalue weighted by Crippen LogP contribution is 2.22. The summed E-state index contributed by atoms with van der Waals surface area (Å²) in [6.45, 7) is 0. The predicted molar refractivity (Wildman–Crippen MR) is 65.6 cm³/mol. The zero-order chi connectivity index (χ0) is 13.8. The Morgan fingerprint density at radius 3 is 2.26 bits per heavy atom. The largest absolute Gasteiger partial charge is 0.467 e. The van der Waals surface area contributed by atoms with Gasteiger partial charge in [0.05, 0.1) is 7.11 Å². The minimum absolute atomic E-state index is 0.0265. The monoisotopic (exact) mass is 267 g/mol. The lowest BCUT2D eigenvalue weighted by Gasteiger charge is -2.09. The van der Waals surface area contributed by atoms with Crippen LogP contribution in [0.2, 0.25) is 0 Å². The van der Waals surface area contributed by atoms with E-state index in [0.717, 1.165) is 12.1 Å². The second-order valence-electron chi connectivity index (χ2n) is 3.44. The summed E-state index contributed by atoms with van der Waals surface area (Å²) >= 11 is 0. The Hall–Kier alpha value is -2.51. The third kappa shape index (κ3) is 2.84. The van der Waals surface area contributed by atoms with Gasteiger partial charge in [-0.3, -0.25) is 0 Å². The molecule has 2 N–H and O–H groups in total. The number of nitrogens with zero attached hydrogens (tertiary/aromatic N) is 3. The van der Waals surface area contributed by atoms with Gasteiger partial charge in [-0.25, -0.2) is 8.78 Å². The number of methoxy groups -OCH3 is 1. The van der Waals surface area contributed by atoms with Crippen LogP contribution in [-0.2, 0) is 0 Å². The van der Waals surface area contributed by atoms with Gasteiger partial charge in [-0.05, 0) is 12.1 Å². The zero-order valence-electron chi connectivity index (χ0n) is 10.2. The molecule has 2 rings (SSSR count). The smallest absolute Gasteiger partial charge is 0.322 e. The third-order valence-electron chi connectivity index (χ3n) is 2.22. The van der Waals surface area contributed by atoms with Crippen LogP contribution in [0.5, 0.6) is 6.01 Å². The molecule has 0 radical (unpaired) electrons. The van der Waals surface area contributed by atoms with Crippen LogP contribution in [0.4, 0.5) is 26.4 Å². The van der Waals surface area contributed by atoms with E-state index >= 15 is 0 Å². The number of benzene rings is 1. The van der Waals surface area contributed by atoms with E-state index < -0.39 is 11.6 Å². The number of aromatic nitrogens is 3. The van der Waals surface area contributed by atoms with Gasteiger partial charge in [-0.1, -0.05) is 6.07 Å². The number of ether oxygens (including phenoxy) is 1. The molecule has 0 aliphatic carbocycles. The van der Waals surface area contributed by atoms with E-state index in [1.54, 1.807) is 7.05 Å². The topological polar surface area (TPSA) is 72.0 Å². The van der Waals surface area contributed by atoms with Crippen LogP contribution in [0, 0.1) is 11.6 Å². The summed E-state index contributed by atoms with van der Waals surface area (Å²) in [5.74, 6) is -1.30. The van der Waals surface area contributed by atoms with Crippen molar-refractivity contribution in [1.29, 1.82) is 0 Å². The van der Waals surface area contributed by atoms with Crippen molar-refractivity contribution in [3.05, 3.63) is 29.8 Å². The highest BCUT2D eigenvalue weighted by Gasteiger charge is 2.12. The zero-order valence-corrected chi connectivity index (χ0v) is 10.2. The fourth-order valence-corrected chi connectivity index (χ4v) is 1.34. The van der Waals surface area contributed by atoms with Gasteiger partial charge in [0.15, 0.2) is 0 Å². The van der Waals surface area contributed by atoms with Gasteiger partial charge in [0.2, 0.25) is 11.9 Å². The van der Waals surface area contributed by atoms with E-state index in [-0.39, 0.29) is 23.6 Å². The average Bonchev–Trinajstić information content (AvgIpc) is 2.42. The minimum atomic E-state index is -0.745. The second-order valence-corrected chi connectivity index (χ2v) is 3.44. The molecule has 2 aromatic rings. The van der Waals surface area contributed by atoms with Gasteiger partial charge in [-0.15, -0.1) is 0 Å². The highest BCUT2D eigenvalue weighted by molar-refractivity contribution is 5.55. The quantitative estimate of drug-likeness (QED) is 0.882. The van der Waals surface area contributed by atoms with Crippen LogP contribution < -0.4 is 15.4 Å². The summed E-state index contributed by atoms with van der Waals surface area (Å²) in [6.07, 6.45) is 0. The molecule has 6 nitrogen and oxygen atoms in total. The molecule has 0 aliphatic heterocycles. The third-order valence-corrected chi connectivity index (χ3v) is 2.22. The van der Waals surface area contributed by atoms with Crippen molar-refractivity contribution in [3.8, 4) is 6.01 Å². The van der Waals surface area contributed by atoms with Crippen LogP contribution in [0.1, 0.15) is 0 Å². The van der Waals surface area contributed by atoms with Gasteiger partial charge in [0.25, 0.3) is 0 Å². The van der Waals surface area contributed by atoms with Crippen molar-refractivity contribution in [2.45, 2.75) is 0 Å². The molecule has 0 saturated heterocycles. The first-order chi connectivity index (χ1) is 9.13. The van der Waals surface area contributed by atoms with Crippen molar-refractivity contribution < 1.29 is 13.5 Å². The molecule has 0 atom stereocenters. The van der Waals surface area contributed by atoms with Crippen LogP contribution in [0.25, 0.3) is 0 Å². The van der Waals surface area contributed by atoms with Gasteiger partial charge < -0.3 is 15.4 Å². The Morgan fingerprint density at radius 1 is 1.05 bits per heavy atom. The minimum Gasteiger partial charge on any atom is -0.467 e. The van der Waals surface area contributed by atoms with E-state index in [9.17, 15) is 8.78 Å². The molecule has 1 aromatic carbocycles. The molecule has 100 valence electrons. The molecule has 0 saturated carbocycles. The number of hydrogen-bond acceptors (Lipinski definition) is 6. The predicted octanol–water partition coefficient (Wildman–Crippen LogP) is 1.94. The Kier molecular flexibility index (Phi) is 3.69. The standard InChI is InChI=1S/C11H11F2N5O/c1-14-9-16-10(18-11(17-9)19-2)15-8-6(12)4-3-5-7(8)13/h3-5H,1-2H3,(H2,14,15,16,17,18). The van der Waals surface area contributed by atoms with E-state index in [1.807, 2.05) is 0 Å². The van der Waals surface area contributed by atoms with Crippen molar-refractivity contribution in [2.75, 3.05) is 24.8 Å². The molecule has 19 heavy (non-hydrogen) atoms. The molecular weight excluding hydrogens is 256 g/mol. The lowest BCUT2D eigenvalue weighted by atomic mass is 10.3. The Bertz CT molecular complexity index is 551. The molecule has 0 amide bonds. The van der Waals surface area contributed by atoms with Gasteiger partial charge in [0, 0.05) is 7.05 Å². The average molecular weight is 267 g/mol. The lowest BCUT2D eigenvalue weighted by Crippen LogP contribution is -2.07. The van der Waals surface area contributed by atoms with Crippen molar-refractivity contribution in [3.63, 3.8) is 0 Å². The van der Waals surface area contributed by atoms with Gasteiger partial charge in [0.1, 0.15) is 17.3 Å². The summed E-state index contributed by atoms with van der Waals surface area (Å²) in [5.41, 5.74) is -0.335. The van der Waals surface area contributed by atoms with Crippen molar-refractivity contribution >= 4 is 17.6 Å². The van der Waals surface area contributed by atoms with E-state index in [2.05, 4.69) is 25.6 Å². The SMILES string of the molecule is CNc1nc(Nc2c(F)cccc2F)nc(OC)n1. The number of halogens is 2. The normalized spacial score (nSPS) is 10.1. The molecule has 8 heteroatoms. The lowest BCUT2D eigenvalue weighted by molar-refractivity contribution is 0.379. The van der Waals surface area contributed by atoms with Crippen LogP contribution in [-0.4, -0.2) is 29.1 Å². The van der Waals surface area contributed by atoms with E-state index in [1.165, 1.54) is 13.2 Å². The molecule has 1 heterocycles. The van der Waals surface area contributed by atoms with Gasteiger partial charge in [-0.2, -0.15) is 15.0 Å². The fourth-order valence-electron chi connectivity index (χ4n) is 1.34. The molecule has 0 fully saturated rings. The van der Waals surface area contributed by atoms with Gasteiger partial charge >= 0.3 is 6.01 Å². The summed E-state index contributed by atoms with van der Waals surface area (Å²) in [5, 5.41) is 5.15. The molecule has 0 bridgehead atoms. The van der Waals surface area contributed by atoms with Crippen molar-refractivity contribution in [1.82, 2.24) is 15.0 Å². The second kappa shape index (κ2) is 5.42. The summed E-state index contributed by atoms with van der Waals surface area (Å²) in [6, 6.07) is 3.55. The summed E-state index contributed by atoms with van der Waals surface area (Å²) < 4.78 is 31.8. The maximum Gasteiger partial charge on any atom is 0.322 e. The molecule has 0 unspecified atom stereocenters. The fraction of sp³-hybridized carbons (Fsp3) is 0.182. The Labute approximate surface area is 107 Å². The Morgan fingerprint density at radius 2 is 1.68 bits per heavy atom. The van der Waals surface area contributed by atoms with Crippen LogP contribution in [0.3, 0.4) is 0 Å². The number of nitrogens with one attached hydrogen (secondary N) is 2. The first kappa shape index (κ1) is 12.9. The maximum atomic E-state index is 13.5. The maximum absolute atomic E-state index is 13.5. The molecule has 1 aromatic heterocycles. The van der Waals surface area contributed by atoms with E-state index in [4.69, 9.17) is 4.74 Å². The molecule has 0 spiro atoms. The highest BCUT2D eigenvalue weighted by atomic mass is 19.1. The van der Waals surface area contributed by atoms with Crippen LogP contribution in [0.15, 0.2) is 18.2 Å². The number of para-hydroxylation sites is 1. The molecule has 0 aliphatic rings. The first-order valence-electron chi connectivity index (χ1n) is 5.33. The Balaban J connectivity index is 2.37.